The largest absolute Gasteiger partial charge is 0.496 e. The van der Waals surface area contributed by atoms with Crippen LogP contribution in [-0.2, 0) is 6.42 Å². The standard InChI is InChI=1S/C17H29NO/c1-7-14(12-18-17(3,4)5)11-15-10-13(2)8-9-16(15)19-6/h8-10,14,18H,7,11-12H2,1-6H3. The van der Waals surface area contributed by atoms with E-state index in [1.165, 1.54) is 17.5 Å². The van der Waals surface area contributed by atoms with E-state index in [4.69, 9.17) is 4.74 Å². The van der Waals surface area contributed by atoms with Crippen molar-refractivity contribution in [2.75, 3.05) is 13.7 Å². The summed E-state index contributed by atoms with van der Waals surface area (Å²) in [5, 5.41) is 3.60. The molecule has 1 atom stereocenters. The van der Waals surface area contributed by atoms with Crippen LogP contribution < -0.4 is 10.1 Å². The van der Waals surface area contributed by atoms with Gasteiger partial charge in [0.15, 0.2) is 0 Å². The molecule has 108 valence electrons. The van der Waals surface area contributed by atoms with E-state index in [1.807, 2.05) is 0 Å². The predicted molar refractivity (Wildman–Crippen MR) is 83.0 cm³/mol. The topological polar surface area (TPSA) is 21.3 Å². The third kappa shape index (κ3) is 5.65. The molecule has 0 radical (unpaired) electrons. The normalized spacial score (nSPS) is 13.4. The van der Waals surface area contributed by atoms with Crippen molar-refractivity contribution in [3.8, 4) is 5.75 Å². The molecule has 2 nitrogen and oxygen atoms in total. The van der Waals surface area contributed by atoms with Gasteiger partial charge in [-0.15, -0.1) is 0 Å². The van der Waals surface area contributed by atoms with E-state index in [1.54, 1.807) is 7.11 Å². The SMILES string of the molecule is CCC(CNC(C)(C)C)Cc1cc(C)ccc1OC. The lowest BCUT2D eigenvalue weighted by Gasteiger charge is -2.25. The number of hydrogen-bond donors (Lipinski definition) is 1. The molecule has 2 heteroatoms. The van der Waals surface area contributed by atoms with Crippen LogP contribution in [0.2, 0.25) is 0 Å². The summed E-state index contributed by atoms with van der Waals surface area (Å²) in [6.07, 6.45) is 2.25. The third-order valence-corrected chi connectivity index (χ3v) is 3.44. The van der Waals surface area contributed by atoms with Crippen molar-refractivity contribution in [2.24, 2.45) is 5.92 Å². The molecule has 0 aliphatic rings. The number of nitrogens with one attached hydrogen (secondary N) is 1. The van der Waals surface area contributed by atoms with Gasteiger partial charge in [0.25, 0.3) is 0 Å². The zero-order chi connectivity index (χ0) is 14.5. The Hall–Kier alpha value is -1.02. The molecule has 1 N–H and O–H groups in total. The fourth-order valence-corrected chi connectivity index (χ4v) is 2.19. The third-order valence-electron chi connectivity index (χ3n) is 3.44. The van der Waals surface area contributed by atoms with E-state index < -0.39 is 0 Å². The first-order valence-electron chi connectivity index (χ1n) is 7.24. The number of hydrogen-bond acceptors (Lipinski definition) is 2. The minimum Gasteiger partial charge on any atom is -0.496 e. The molecule has 0 amide bonds. The highest BCUT2D eigenvalue weighted by molar-refractivity contribution is 5.37. The van der Waals surface area contributed by atoms with Crippen molar-refractivity contribution in [2.45, 2.75) is 53.0 Å². The molecule has 19 heavy (non-hydrogen) atoms. The van der Waals surface area contributed by atoms with Crippen molar-refractivity contribution in [3.63, 3.8) is 0 Å². The Bertz CT molecular complexity index is 393. The quantitative estimate of drug-likeness (QED) is 0.839. The minimum atomic E-state index is 0.185. The average Bonchev–Trinajstić information content (AvgIpc) is 2.33. The zero-order valence-electron chi connectivity index (χ0n) is 13.3. The van der Waals surface area contributed by atoms with Crippen molar-refractivity contribution < 1.29 is 4.74 Å². The molecule has 0 aliphatic heterocycles. The molecule has 0 saturated heterocycles. The van der Waals surface area contributed by atoms with Crippen molar-refractivity contribution in [1.29, 1.82) is 0 Å². The summed E-state index contributed by atoms with van der Waals surface area (Å²) in [6, 6.07) is 6.43. The molecule has 0 aromatic heterocycles. The second-order valence-electron chi connectivity index (χ2n) is 6.42. The van der Waals surface area contributed by atoms with Crippen molar-refractivity contribution >= 4 is 0 Å². The van der Waals surface area contributed by atoms with Gasteiger partial charge < -0.3 is 10.1 Å². The number of ether oxygens (including phenoxy) is 1. The van der Waals surface area contributed by atoms with Crippen LogP contribution in [0.4, 0.5) is 0 Å². The molecule has 0 bridgehead atoms. The average molecular weight is 263 g/mol. The van der Waals surface area contributed by atoms with Gasteiger partial charge in [-0.05, 0) is 58.2 Å². The van der Waals surface area contributed by atoms with Gasteiger partial charge in [-0.25, -0.2) is 0 Å². The second kappa shape index (κ2) is 6.95. The van der Waals surface area contributed by atoms with E-state index in [9.17, 15) is 0 Å². The molecule has 0 spiro atoms. The Morgan fingerprint density at radius 3 is 2.47 bits per heavy atom. The summed E-state index contributed by atoms with van der Waals surface area (Å²) in [5.74, 6) is 1.66. The van der Waals surface area contributed by atoms with Crippen LogP contribution in [0.15, 0.2) is 18.2 Å². The Kier molecular flexibility index (Phi) is 5.86. The molecule has 1 aromatic carbocycles. The van der Waals surface area contributed by atoms with Crippen LogP contribution in [-0.4, -0.2) is 19.2 Å². The molecule has 1 aromatic rings. The Balaban J connectivity index is 2.72. The van der Waals surface area contributed by atoms with Gasteiger partial charge in [0.1, 0.15) is 5.75 Å². The molecule has 1 rings (SSSR count). The fraction of sp³-hybridized carbons (Fsp3) is 0.647. The van der Waals surface area contributed by atoms with Gasteiger partial charge in [0.05, 0.1) is 7.11 Å². The van der Waals surface area contributed by atoms with Crippen molar-refractivity contribution in [3.05, 3.63) is 29.3 Å². The number of benzene rings is 1. The number of methoxy groups -OCH3 is 1. The summed E-state index contributed by atoms with van der Waals surface area (Å²) in [5.41, 5.74) is 2.81. The van der Waals surface area contributed by atoms with E-state index in [-0.39, 0.29) is 5.54 Å². The van der Waals surface area contributed by atoms with Gasteiger partial charge in [-0.1, -0.05) is 31.0 Å². The molecule has 0 saturated carbocycles. The van der Waals surface area contributed by atoms with Crippen LogP contribution in [0.3, 0.4) is 0 Å². The summed E-state index contributed by atoms with van der Waals surface area (Å²) >= 11 is 0. The van der Waals surface area contributed by atoms with E-state index in [0.29, 0.717) is 5.92 Å². The zero-order valence-corrected chi connectivity index (χ0v) is 13.3. The minimum absolute atomic E-state index is 0.185. The maximum atomic E-state index is 5.47. The first-order chi connectivity index (χ1) is 8.85. The molecule has 0 fully saturated rings. The smallest absolute Gasteiger partial charge is 0.122 e. The molecule has 0 aliphatic carbocycles. The van der Waals surface area contributed by atoms with Crippen LogP contribution in [0.5, 0.6) is 5.75 Å². The fourth-order valence-electron chi connectivity index (χ4n) is 2.19. The maximum absolute atomic E-state index is 5.47. The van der Waals surface area contributed by atoms with Gasteiger partial charge in [0.2, 0.25) is 0 Å². The van der Waals surface area contributed by atoms with Gasteiger partial charge in [-0.3, -0.25) is 0 Å². The highest BCUT2D eigenvalue weighted by atomic mass is 16.5. The lowest BCUT2D eigenvalue weighted by Crippen LogP contribution is -2.39. The van der Waals surface area contributed by atoms with E-state index >= 15 is 0 Å². The predicted octanol–water partition coefficient (Wildman–Crippen LogP) is 3.96. The lowest BCUT2D eigenvalue weighted by molar-refractivity contribution is 0.357. The lowest BCUT2D eigenvalue weighted by atomic mass is 9.94. The second-order valence-corrected chi connectivity index (χ2v) is 6.42. The summed E-state index contributed by atoms with van der Waals surface area (Å²) in [6.45, 7) is 12.1. The summed E-state index contributed by atoms with van der Waals surface area (Å²) in [4.78, 5) is 0. The van der Waals surface area contributed by atoms with Crippen LogP contribution >= 0.6 is 0 Å². The van der Waals surface area contributed by atoms with Crippen LogP contribution in [0.25, 0.3) is 0 Å². The summed E-state index contributed by atoms with van der Waals surface area (Å²) < 4.78 is 5.47. The van der Waals surface area contributed by atoms with Gasteiger partial charge >= 0.3 is 0 Å². The number of rotatable bonds is 6. The monoisotopic (exact) mass is 263 g/mol. The number of aryl methyl sites for hydroxylation is 1. The van der Waals surface area contributed by atoms with E-state index in [2.05, 4.69) is 58.1 Å². The first-order valence-corrected chi connectivity index (χ1v) is 7.24. The highest BCUT2D eigenvalue weighted by Crippen LogP contribution is 2.24. The van der Waals surface area contributed by atoms with Gasteiger partial charge in [-0.2, -0.15) is 0 Å². The maximum Gasteiger partial charge on any atom is 0.122 e. The Morgan fingerprint density at radius 2 is 1.95 bits per heavy atom. The van der Waals surface area contributed by atoms with E-state index in [0.717, 1.165) is 18.7 Å². The van der Waals surface area contributed by atoms with Crippen molar-refractivity contribution in [1.82, 2.24) is 5.32 Å². The molecular formula is C17H29NO. The molecular weight excluding hydrogens is 234 g/mol. The van der Waals surface area contributed by atoms with Crippen LogP contribution in [0, 0.1) is 12.8 Å². The van der Waals surface area contributed by atoms with Gasteiger partial charge in [0, 0.05) is 5.54 Å². The summed E-state index contributed by atoms with van der Waals surface area (Å²) in [7, 11) is 1.75. The Morgan fingerprint density at radius 1 is 1.26 bits per heavy atom. The molecule has 1 unspecified atom stereocenters. The molecule has 0 heterocycles. The Labute approximate surface area is 118 Å². The van der Waals surface area contributed by atoms with Crippen LogP contribution in [0.1, 0.15) is 45.2 Å². The first kappa shape index (κ1) is 16.0. The highest BCUT2D eigenvalue weighted by Gasteiger charge is 2.15.